The highest BCUT2D eigenvalue weighted by Crippen LogP contribution is 2.33. The average molecular weight is 289 g/mol. The van der Waals surface area contributed by atoms with Crippen LogP contribution in [0.15, 0.2) is 24.3 Å². The van der Waals surface area contributed by atoms with Crippen LogP contribution in [-0.4, -0.2) is 23.0 Å². The minimum atomic E-state index is -0.932. The third-order valence-electron chi connectivity index (χ3n) is 4.11. The van der Waals surface area contributed by atoms with Gasteiger partial charge >= 0.3 is 5.97 Å². The van der Waals surface area contributed by atoms with E-state index in [1.165, 1.54) is 0 Å². The molecule has 1 aliphatic rings. The molecule has 0 aliphatic heterocycles. The first kappa shape index (κ1) is 15.5. The molecule has 1 amide bonds. The van der Waals surface area contributed by atoms with Crippen LogP contribution in [0.2, 0.25) is 0 Å². The highest BCUT2D eigenvalue weighted by atomic mass is 16.4. The van der Waals surface area contributed by atoms with E-state index in [1.54, 1.807) is 0 Å². The fourth-order valence-electron chi connectivity index (χ4n) is 2.69. The molecule has 0 bridgehead atoms. The number of aryl methyl sites for hydroxylation is 1. The number of nitrogens with one attached hydrogen (secondary N) is 1. The van der Waals surface area contributed by atoms with Crippen LogP contribution >= 0.6 is 0 Å². The smallest absolute Gasteiger partial charge is 0.326 e. The molecule has 0 spiro atoms. The summed E-state index contributed by atoms with van der Waals surface area (Å²) in [7, 11) is 0. The summed E-state index contributed by atoms with van der Waals surface area (Å²) in [6.07, 6.45) is 3.04. The van der Waals surface area contributed by atoms with E-state index in [0.29, 0.717) is 18.8 Å². The van der Waals surface area contributed by atoms with Crippen LogP contribution in [0.5, 0.6) is 0 Å². The van der Waals surface area contributed by atoms with Gasteiger partial charge in [-0.1, -0.05) is 44.0 Å². The summed E-state index contributed by atoms with van der Waals surface area (Å²) in [6, 6.07) is 7.24. The Morgan fingerprint density at radius 3 is 2.57 bits per heavy atom. The first-order valence-corrected chi connectivity index (χ1v) is 7.55. The molecule has 4 heteroatoms. The van der Waals surface area contributed by atoms with Crippen LogP contribution in [0, 0.1) is 12.8 Å². The zero-order valence-electron chi connectivity index (χ0n) is 12.6. The van der Waals surface area contributed by atoms with E-state index >= 15 is 0 Å². The van der Waals surface area contributed by atoms with Crippen molar-refractivity contribution in [1.82, 2.24) is 5.32 Å². The van der Waals surface area contributed by atoms with Gasteiger partial charge in [-0.15, -0.1) is 0 Å². The molecule has 0 heterocycles. The molecule has 0 aromatic heterocycles. The molecule has 2 N–H and O–H groups in total. The largest absolute Gasteiger partial charge is 0.480 e. The van der Waals surface area contributed by atoms with Crippen LogP contribution in [0.3, 0.4) is 0 Å². The van der Waals surface area contributed by atoms with Gasteiger partial charge in [-0.05, 0) is 36.3 Å². The fourth-order valence-corrected chi connectivity index (χ4v) is 2.69. The summed E-state index contributed by atoms with van der Waals surface area (Å²) in [5, 5.41) is 11.8. The van der Waals surface area contributed by atoms with E-state index in [-0.39, 0.29) is 11.8 Å². The fraction of sp³-hybridized carbons (Fsp3) is 0.529. The summed E-state index contributed by atoms with van der Waals surface area (Å²) in [6.45, 7) is 4.02. The Balaban J connectivity index is 1.90. The van der Waals surface area contributed by atoms with Gasteiger partial charge in [-0.3, -0.25) is 4.79 Å². The number of carboxylic acids is 1. The Hall–Kier alpha value is -1.84. The first-order valence-electron chi connectivity index (χ1n) is 7.55. The molecule has 2 unspecified atom stereocenters. The van der Waals surface area contributed by atoms with Gasteiger partial charge in [0.05, 0.1) is 0 Å². The molecule has 1 aromatic rings. The maximum Gasteiger partial charge on any atom is 0.326 e. The van der Waals surface area contributed by atoms with Gasteiger partial charge in [-0.2, -0.15) is 0 Å². The molecule has 2 atom stereocenters. The van der Waals surface area contributed by atoms with Crippen molar-refractivity contribution in [2.75, 3.05) is 0 Å². The van der Waals surface area contributed by atoms with Crippen molar-refractivity contribution in [1.29, 1.82) is 0 Å². The lowest BCUT2D eigenvalue weighted by Gasteiger charge is -2.17. The highest BCUT2D eigenvalue weighted by molar-refractivity contribution is 5.84. The third kappa shape index (κ3) is 4.59. The molecular formula is C17H23NO3. The molecule has 0 radical (unpaired) electrons. The highest BCUT2D eigenvalue weighted by Gasteiger charge is 2.30. The SMILES string of the molecule is Cc1ccccc1C(C)CC(=O)NC(CC1CC1)C(=O)O. The van der Waals surface area contributed by atoms with Gasteiger partial charge in [0, 0.05) is 6.42 Å². The Morgan fingerprint density at radius 2 is 2.00 bits per heavy atom. The minimum Gasteiger partial charge on any atom is -0.480 e. The molecule has 21 heavy (non-hydrogen) atoms. The Bertz CT molecular complexity index is 523. The Morgan fingerprint density at radius 1 is 1.33 bits per heavy atom. The zero-order chi connectivity index (χ0) is 15.4. The summed E-state index contributed by atoms with van der Waals surface area (Å²) in [5.74, 6) is -0.556. The van der Waals surface area contributed by atoms with Gasteiger partial charge in [0.25, 0.3) is 0 Å². The summed E-state index contributed by atoms with van der Waals surface area (Å²) in [5.41, 5.74) is 2.30. The standard InChI is InChI=1S/C17H23NO3/c1-11-5-3-4-6-14(11)12(2)9-16(19)18-15(17(20)21)10-13-7-8-13/h3-6,12-13,15H,7-10H2,1-2H3,(H,18,19)(H,20,21). The van der Waals surface area contributed by atoms with Gasteiger partial charge < -0.3 is 10.4 Å². The van der Waals surface area contributed by atoms with Crippen molar-refractivity contribution in [3.8, 4) is 0 Å². The number of aliphatic carboxylic acids is 1. The van der Waals surface area contributed by atoms with Crippen molar-refractivity contribution in [2.45, 2.75) is 51.5 Å². The molecule has 2 rings (SSSR count). The van der Waals surface area contributed by atoms with Gasteiger partial charge in [-0.25, -0.2) is 4.79 Å². The second kappa shape index (κ2) is 6.74. The third-order valence-corrected chi connectivity index (χ3v) is 4.11. The molecular weight excluding hydrogens is 266 g/mol. The lowest BCUT2D eigenvalue weighted by Crippen LogP contribution is -2.41. The molecule has 114 valence electrons. The predicted molar refractivity (Wildman–Crippen MR) is 81.1 cm³/mol. The topological polar surface area (TPSA) is 66.4 Å². The number of benzene rings is 1. The van der Waals surface area contributed by atoms with E-state index in [1.807, 2.05) is 38.1 Å². The number of hydrogen-bond donors (Lipinski definition) is 2. The number of hydrogen-bond acceptors (Lipinski definition) is 2. The van der Waals surface area contributed by atoms with E-state index in [2.05, 4.69) is 5.32 Å². The quantitative estimate of drug-likeness (QED) is 0.811. The number of carboxylic acid groups (broad SMARTS) is 1. The molecule has 1 aliphatic carbocycles. The van der Waals surface area contributed by atoms with Crippen molar-refractivity contribution >= 4 is 11.9 Å². The average Bonchev–Trinajstić information content (AvgIpc) is 3.22. The zero-order valence-corrected chi connectivity index (χ0v) is 12.6. The summed E-state index contributed by atoms with van der Waals surface area (Å²) >= 11 is 0. The van der Waals surface area contributed by atoms with Crippen LogP contribution in [0.4, 0.5) is 0 Å². The van der Waals surface area contributed by atoms with E-state index in [9.17, 15) is 14.7 Å². The van der Waals surface area contributed by atoms with E-state index in [4.69, 9.17) is 0 Å². The molecule has 1 saturated carbocycles. The van der Waals surface area contributed by atoms with Gasteiger partial charge in [0.15, 0.2) is 0 Å². The second-order valence-corrected chi connectivity index (χ2v) is 6.10. The monoisotopic (exact) mass is 289 g/mol. The van der Waals surface area contributed by atoms with Crippen LogP contribution < -0.4 is 5.32 Å². The number of amides is 1. The molecule has 0 saturated heterocycles. The van der Waals surface area contributed by atoms with Crippen LogP contribution in [0.1, 0.15) is 49.7 Å². The number of rotatable bonds is 7. The van der Waals surface area contributed by atoms with Crippen LogP contribution in [0.25, 0.3) is 0 Å². The molecule has 4 nitrogen and oxygen atoms in total. The van der Waals surface area contributed by atoms with E-state index in [0.717, 1.165) is 24.0 Å². The molecule has 1 fully saturated rings. The van der Waals surface area contributed by atoms with E-state index < -0.39 is 12.0 Å². The maximum atomic E-state index is 12.1. The van der Waals surface area contributed by atoms with Crippen molar-refractivity contribution in [3.63, 3.8) is 0 Å². The van der Waals surface area contributed by atoms with Crippen molar-refractivity contribution in [2.24, 2.45) is 5.92 Å². The number of carbonyl (C=O) groups excluding carboxylic acids is 1. The minimum absolute atomic E-state index is 0.0848. The summed E-state index contributed by atoms with van der Waals surface area (Å²) < 4.78 is 0. The second-order valence-electron chi connectivity index (χ2n) is 6.10. The lowest BCUT2D eigenvalue weighted by atomic mass is 9.93. The summed E-state index contributed by atoms with van der Waals surface area (Å²) in [4.78, 5) is 23.3. The normalized spacial score (nSPS) is 17.0. The predicted octanol–water partition coefficient (Wildman–Crippen LogP) is 2.86. The van der Waals surface area contributed by atoms with Crippen molar-refractivity contribution in [3.05, 3.63) is 35.4 Å². The van der Waals surface area contributed by atoms with Gasteiger partial charge in [0.2, 0.25) is 5.91 Å². The maximum absolute atomic E-state index is 12.1. The van der Waals surface area contributed by atoms with Crippen LogP contribution in [-0.2, 0) is 9.59 Å². The first-order chi connectivity index (χ1) is 9.97. The van der Waals surface area contributed by atoms with Crippen molar-refractivity contribution < 1.29 is 14.7 Å². The lowest BCUT2D eigenvalue weighted by molar-refractivity contribution is -0.142. The molecule has 1 aromatic carbocycles. The number of carbonyl (C=O) groups is 2. The van der Waals surface area contributed by atoms with Gasteiger partial charge in [0.1, 0.15) is 6.04 Å². The Labute approximate surface area is 125 Å². The Kier molecular flexibility index (Phi) is 4.99.